The highest BCUT2D eigenvalue weighted by Gasteiger charge is 2.36. The fraction of sp³-hybridized carbons (Fsp3) is 0.867. The predicted molar refractivity (Wildman–Crippen MR) is 84.8 cm³/mol. The Morgan fingerprint density at radius 3 is 2.59 bits per heavy atom. The molecule has 2 aliphatic rings. The van der Waals surface area contributed by atoms with Gasteiger partial charge in [-0.25, -0.2) is 4.79 Å². The summed E-state index contributed by atoms with van der Waals surface area (Å²) in [6.07, 6.45) is 4.78. The minimum Gasteiger partial charge on any atom is -0.450 e. The molecule has 0 aromatic carbocycles. The molecule has 0 spiro atoms. The summed E-state index contributed by atoms with van der Waals surface area (Å²) >= 11 is 0. The molecule has 1 amide bonds. The van der Waals surface area contributed by atoms with Crippen molar-refractivity contribution in [2.45, 2.75) is 50.7 Å². The van der Waals surface area contributed by atoms with Gasteiger partial charge in [0.2, 0.25) is 0 Å². The van der Waals surface area contributed by atoms with Crippen molar-refractivity contribution in [2.75, 3.05) is 33.4 Å². The van der Waals surface area contributed by atoms with Crippen LogP contribution in [0.1, 0.15) is 39.0 Å². The first-order valence-electron chi connectivity index (χ1n) is 8.12. The highest BCUT2D eigenvalue weighted by atomic mass is 16.6. The Kier molecular flexibility index (Phi) is 5.88. The number of ether oxygens (including phenoxy) is 2. The van der Waals surface area contributed by atoms with Crippen LogP contribution < -0.4 is 11.1 Å². The molecule has 0 radical (unpaired) electrons. The molecule has 1 aliphatic heterocycles. The van der Waals surface area contributed by atoms with Gasteiger partial charge in [-0.15, -0.1) is 0 Å². The van der Waals surface area contributed by atoms with E-state index in [1.807, 2.05) is 6.92 Å². The van der Waals surface area contributed by atoms with Crippen LogP contribution in [0.15, 0.2) is 4.99 Å². The van der Waals surface area contributed by atoms with Gasteiger partial charge < -0.3 is 25.4 Å². The molecule has 3 N–H and O–H groups in total. The van der Waals surface area contributed by atoms with Crippen LogP contribution in [-0.2, 0) is 9.47 Å². The molecule has 7 heteroatoms. The molecule has 0 atom stereocenters. The van der Waals surface area contributed by atoms with Gasteiger partial charge in [0.05, 0.1) is 18.8 Å². The van der Waals surface area contributed by atoms with Crippen molar-refractivity contribution in [1.82, 2.24) is 10.2 Å². The summed E-state index contributed by atoms with van der Waals surface area (Å²) in [6, 6.07) is 0.259. The Hall–Kier alpha value is -1.50. The van der Waals surface area contributed by atoms with Crippen molar-refractivity contribution in [1.29, 1.82) is 0 Å². The fourth-order valence-electron chi connectivity index (χ4n) is 2.90. The summed E-state index contributed by atoms with van der Waals surface area (Å²) < 4.78 is 10.5. The largest absolute Gasteiger partial charge is 0.450 e. The smallest absolute Gasteiger partial charge is 0.409 e. The Labute approximate surface area is 132 Å². The Balaban J connectivity index is 1.72. The topological polar surface area (TPSA) is 89.2 Å². The lowest BCUT2D eigenvalue weighted by atomic mass is 9.80. The first kappa shape index (κ1) is 16.9. The summed E-state index contributed by atoms with van der Waals surface area (Å²) in [5.41, 5.74) is 5.87. The average molecular weight is 312 g/mol. The number of hydrogen-bond acceptors (Lipinski definition) is 4. The van der Waals surface area contributed by atoms with Crippen molar-refractivity contribution < 1.29 is 14.3 Å². The molecular formula is C15H28N4O3. The van der Waals surface area contributed by atoms with Gasteiger partial charge in [-0.2, -0.15) is 0 Å². The van der Waals surface area contributed by atoms with E-state index in [0.717, 1.165) is 25.7 Å². The van der Waals surface area contributed by atoms with Gasteiger partial charge in [0.1, 0.15) is 0 Å². The number of carbonyl (C=O) groups excluding carboxylic acids is 1. The predicted octanol–water partition coefficient (Wildman–Crippen LogP) is 1.08. The number of carbonyl (C=O) groups is 1. The summed E-state index contributed by atoms with van der Waals surface area (Å²) in [4.78, 5) is 17.8. The number of aliphatic imine (C=N–C) groups is 1. The van der Waals surface area contributed by atoms with Gasteiger partial charge in [-0.1, -0.05) is 0 Å². The summed E-state index contributed by atoms with van der Waals surface area (Å²) in [5.74, 6) is 0.470. The number of hydrogen-bond donors (Lipinski definition) is 2. The van der Waals surface area contributed by atoms with E-state index in [4.69, 9.17) is 15.2 Å². The molecule has 22 heavy (non-hydrogen) atoms. The maximum Gasteiger partial charge on any atom is 0.409 e. The quantitative estimate of drug-likeness (QED) is 0.586. The molecule has 0 aromatic heterocycles. The van der Waals surface area contributed by atoms with Crippen LogP contribution in [0.4, 0.5) is 4.79 Å². The summed E-state index contributed by atoms with van der Waals surface area (Å²) in [7, 11) is 1.74. The molecule has 0 unspecified atom stereocenters. The van der Waals surface area contributed by atoms with Crippen LogP contribution in [0, 0.1) is 0 Å². The monoisotopic (exact) mass is 312 g/mol. The Morgan fingerprint density at radius 1 is 1.41 bits per heavy atom. The van der Waals surface area contributed by atoms with Gasteiger partial charge in [0.25, 0.3) is 0 Å². The van der Waals surface area contributed by atoms with E-state index in [9.17, 15) is 4.79 Å². The summed E-state index contributed by atoms with van der Waals surface area (Å²) in [5, 5.41) is 3.25. The van der Waals surface area contributed by atoms with Crippen molar-refractivity contribution in [2.24, 2.45) is 10.7 Å². The molecule has 7 nitrogen and oxygen atoms in total. The number of likely N-dealkylation sites (tertiary alicyclic amines) is 1. The van der Waals surface area contributed by atoms with E-state index in [-0.39, 0.29) is 17.7 Å². The van der Waals surface area contributed by atoms with Crippen molar-refractivity contribution >= 4 is 12.1 Å². The standard InChI is InChI=1S/C15H28N4O3/c1-3-22-14(20)19-9-5-12(6-10-19)18-13(16)17-11-15(21-2)7-4-8-15/h12H,3-11H2,1-2H3,(H3,16,17,18). The van der Waals surface area contributed by atoms with E-state index in [0.29, 0.717) is 32.2 Å². The average Bonchev–Trinajstić information content (AvgIpc) is 2.47. The second-order valence-electron chi connectivity index (χ2n) is 6.05. The number of piperidine rings is 1. The molecule has 2 fully saturated rings. The van der Waals surface area contributed by atoms with E-state index in [2.05, 4.69) is 10.3 Å². The SMILES string of the molecule is CCOC(=O)N1CCC(NC(N)=NCC2(OC)CCC2)CC1. The van der Waals surface area contributed by atoms with E-state index in [1.54, 1.807) is 12.0 Å². The van der Waals surface area contributed by atoms with Crippen LogP contribution in [-0.4, -0.2) is 61.9 Å². The van der Waals surface area contributed by atoms with Gasteiger partial charge >= 0.3 is 6.09 Å². The lowest BCUT2D eigenvalue weighted by Gasteiger charge is -2.39. The third kappa shape index (κ3) is 4.25. The first-order valence-corrected chi connectivity index (χ1v) is 8.12. The van der Waals surface area contributed by atoms with Crippen LogP contribution in [0.2, 0.25) is 0 Å². The molecule has 1 saturated heterocycles. The Bertz CT molecular complexity index is 396. The summed E-state index contributed by atoms with van der Waals surface area (Å²) in [6.45, 7) is 4.22. The first-order chi connectivity index (χ1) is 10.6. The second-order valence-corrected chi connectivity index (χ2v) is 6.05. The molecule has 1 heterocycles. The maximum atomic E-state index is 11.6. The number of amides is 1. The second kappa shape index (κ2) is 7.67. The highest BCUT2D eigenvalue weighted by molar-refractivity contribution is 5.78. The third-order valence-electron chi connectivity index (χ3n) is 4.61. The third-order valence-corrected chi connectivity index (χ3v) is 4.61. The number of rotatable bonds is 5. The maximum absolute atomic E-state index is 11.6. The number of guanidine groups is 1. The normalized spacial score (nSPS) is 22.1. The number of nitrogens with one attached hydrogen (secondary N) is 1. The van der Waals surface area contributed by atoms with Gasteiger partial charge in [-0.3, -0.25) is 4.99 Å². The zero-order valence-corrected chi connectivity index (χ0v) is 13.6. The molecule has 1 aliphatic carbocycles. The fourth-order valence-corrected chi connectivity index (χ4v) is 2.90. The van der Waals surface area contributed by atoms with E-state index in [1.165, 1.54) is 6.42 Å². The van der Waals surface area contributed by atoms with Crippen molar-refractivity contribution in [3.63, 3.8) is 0 Å². The van der Waals surface area contributed by atoms with Crippen LogP contribution in [0.3, 0.4) is 0 Å². The molecular weight excluding hydrogens is 284 g/mol. The molecule has 0 bridgehead atoms. The van der Waals surface area contributed by atoms with Gasteiger partial charge in [-0.05, 0) is 39.0 Å². The van der Waals surface area contributed by atoms with Crippen LogP contribution in [0.25, 0.3) is 0 Å². The van der Waals surface area contributed by atoms with Gasteiger partial charge in [0.15, 0.2) is 5.96 Å². The molecule has 0 aromatic rings. The zero-order chi connectivity index (χ0) is 16.0. The zero-order valence-electron chi connectivity index (χ0n) is 13.6. The van der Waals surface area contributed by atoms with Crippen LogP contribution in [0.5, 0.6) is 0 Å². The van der Waals surface area contributed by atoms with E-state index < -0.39 is 0 Å². The van der Waals surface area contributed by atoms with Gasteiger partial charge in [0, 0.05) is 26.2 Å². The number of methoxy groups -OCH3 is 1. The lowest BCUT2D eigenvalue weighted by molar-refractivity contribution is -0.0630. The molecule has 126 valence electrons. The van der Waals surface area contributed by atoms with Crippen molar-refractivity contribution in [3.05, 3.63) is 0 Å². The molecule has 1 saturated carbocycles. The van der Waals surface area contributed by atoms with E-state index >= 15 is 0 Å². The minimum atomic E-state index is -0.227. The van der Waals surface area contributed by atoms with Crippen LogP contribution >= 0.6 is 0 Å². The van der Waals surface area contributed by atoms with Crippen molar-refractivity contribution in [3.8, 4) is 0 Å². The minimum absolute atomic E-state index is 0.0976. The number of nitrogens with two attached hydrogens (primary N) is 1. The highest BCUT2D eigenvalue weighted by Crippen LogP contribution is 2.35. The Morgan fingerprint density at radius 2 is 2.09 bits per heavy atom. The molecule has 2 rings (SSSR count). The lowest BCUT2D eigenvalue weighted by Crippen LogP contribution is -2.49. The number of nitrogens with zero attached hydrogens (tertiary/aromatic N) is 2.